The minimum Gasteiger partial charge on any atom is -0.454 e. The number of amides is 3. The largest absolute Gasteiger partial charge is 0.454 e. The SMILES string of the molecule is O=C(COC(=O)CN1C(=O)C2CCCCC2C1=O)Nc1ccc(F)c([N+](=O)[O-])c1. The van der Waals surface area contributed by atoms with Crippen LogP contribution in [0.25, 0.3) is 0 Å². The molecule has 0 aromatic heterocycles. The van der Waals surface area contributed by atoms with Crippen LogP contribution in [0.15, 0.2) is 18.2 Å². The molecule has 1 aromatic rings. The predicted molar refractivity (Wildman–Crippen MR) is 94.8 cm³/mol. The van der Waals surface area contributed by atoms with Crippen molar-refractivity contribution >= 4 is 35.1 Å². The number of benzene rings is 1. The van der Waals surface area contributed by atoms with Crippen molar-refractivity contribution in [1.29, 1.82) is 0 Å². The number of nitrogens with zero attached hydrogens (tertiary/aromatic N) is 2. The van der Waals surface area contributed by atoms with Crippen LogP contribution in [-0.2, 0) is 23.9 Å². The molecule has 2 atom stereocenters. The maximum atomic E-state index is 13.3. The van der Waals surface area contributed by atoms with E-state index in [1.807, 2.05) is 0 Å². The van der Waals surface area contributed by atoms with E-state index in [9.17, 15) is 33.7 Å². The van der Waals surface area contributed by atoms with Crippen molar-refractivity contribution in [1.82, 2.24) is 4.90 Å². The van der Waals surface area contributed by atoms with Crippen molar-refractivity contribution in [2.75, 3.05) is 18.5 Å². The number of fused-ring (bicyclic) bond motifs is 1. The molecule has 3 amide bonds. The van der Waals surface area contributed by atoms with Gasteiger partial charge in [0.05, 0.1) is 16.8 Å². The van der Waals surface area contributed by atoms with Crippen molar-refractivity contribution < 1.29 is 33.2 Å². The summed E-state index contributed by atoms with van der Waals surface area (Å²) in [6, 6.07) is 2.77. The zero-order valence-electron chi connectivity index (χ0n) is 15.3. The molecule has 2 aliphatic rings. The summed E-state index contributed by atoms with van der Waals surface area (Å²) < 4.78 is 18.1. The monoisotopic (exact) mass is 407 g/mol. The first-order valence-electron chi connectivity index (χ1n) is 9.02. The van der Waals surface area contributed by atoms with Gasteiger partial charge in [-0.1, -0.05) is 12.8 Å². The van der Waals surface area contributed by atoms with Gasteiger partial charge < -0.3 is 10.1 Å². The Kier molecular flexibility index (Phi) is 5.85. The second-order valence-electron chi connectivity index (χ2n) is 6.89. The number of carbonyl (C=O) groups is 4. The molecule has 1 heterocycles. The van der Waals surface area contributed by atoms with Crippen LogP contribution < -0.4 is 5.32 Å². The number of nitro groups is 1. The lowest BCUT2D eigenvalue weighted by Gasteiger charge is -2.19. The number of esters is 1. The number of rotatable bonds is 6. The Morgan fingerprint density at radius 1 is 1.21 bits per heavy atom. The van der Waals surface area contributed by atoms with Crippen LogP contribution in [0.3, 0.4) is 0 Å². The Morgan fingerprint density at radius 2 is 1.83 bits per heavy atom. The van der Waals surface area contributed by atoms with E-state index in [0.717, 1.165) is 35.9 Å². The maximum Gasteiger partial charge on any atom is 0.326 e. The van der Waals surface area contributed by atoms with Gasteiger partial charge in [-0.3, -0.25) is 34.2 Å². The molecular weight excluding hydrogens is 389 g/mol. The van der Waals surface area contributed by atoms with Crippen LogP contribution in [0.2, 0.25) is 0 Å². The van der Waals surface area contributed by atoms with Crippen LogP contribution in [0, 0.1) is 27.8 Å². The number of carbonyl (C=O) groups excluding carboxylic acids is 4. The molecule has 2 unspecified atom stereocenters. The fourth-order valence-corrected chi connectivity index (χ4v) is 3.63. The molecule has 1 aromatic carbocycles. The smallest absolute Gasteiger partial charge is 0.326 e. The van der Waals surface area contributed by atoms with Crippen LogP contribution in [0.4, 0.5) is 15.8 Å². The van der Waals surface area contributed by atoms with Crippen molar-refractivity contribution in [3.63, 3.8) is 0 Å². The average molecular weight is 407 g/mol. The highest BCUT2D eigenvalue weighted by atomic mass is 19.1. The number of nitrogens with one attached hydrogen (secondary N) is 1. The van der Waals surface area contributed by atoms with Gasteiger partial charge in [0.25, 0.3) is 5.91 Å². The van der Waals surface area contributed by atoms with Crippen molar-refractivity contribution in [2.24, 2.45) is 11.8 Å². The van der Waals surface area contributed by atoms with Crippen LogP contribution in [-0.4, -0.2) is 46.7 Å². The first-order valence-corrected chi connectivity index (χ1v) is 9.02. The van der Waals surface area contributed by atoms with E-state index in [1.165, 1.54) is 0 Å². The van der Waals surface area contributed by atoms with Crippen LogP contribution >= 0.6 is 0 Å². The number of anilines is 1. The Bertz CT molecular complexity index is 864. The molecule has 1 aliphatic heterocycles. The second kappa shape index (κ2) is 8.33. The summed E-state index contributed by atoms with van der Waals surface area (Å²) in [5.41, 5.74) is -0.861. The van der Waals surface area contributed by atoms with E-state index in [0.29, 0.717) is 12.8 Å². The molecule has 1 saturated carbocycles. The molecule has 10 nitrogen and oxygen atoms in total. The summed E-state index contributed by atoms with van der Waals surface area (Å²) in [5, 5.41) is 12.9. The molecule has 11 heteroatoms. The molecule has 154 valence electrons. The van der Waals surface area contributed by atoms with Crippen molar-refractivity contribution in [2.45, 2.75) is 25.7 Å². The topological polar surface area (TPSA) is 136 Å². The van der Waals surface area contributed by atoms with Crippen LogP contribution in [0.1, 0.15) is 25.7 Å². The summed E-state index contributed by atoms with van der Waals surface area (Å²) in [7, 11) is 0. The molecule has 29 heavy (non-hydrogen) atoms. The zero-order chi connectivity index (χ0) is 21.1. The van der Waals surface area contributed by atoms with E-state index in [4.69, 9.17) is 4.74 Å². The number of hydrogen-bond acceptors (Lipinski definition) is 7. The van der Waals surface area contributed by atoms with Gasteiger partial charge in [-0.2, -0.15) is 4.39 Å². The maximum absolute atomic E-state index is 13.3. The standard InChI is InChI=1S/C18H18FN3O7/c19-13-6-5-10(7-14(13)22(27)28)20-15(23)9-29-16(24)8-21-17(25)11-3-1-2-4-12(11)18(21)26/h5-7,11-12H,1-4,8-9H2,(H,20,23). The summed E-state index contributed by atoms with van der Waals surface area (Å²) in [6.07, 6.45) is 2.96. The van der Waals surface area contributed by atoms with Crippen molar-refractivity contribution in [3.05, 3.63) is 34.1 Å². The summed E-state index contributed by atoms with van der Waals surface area (Å²) in [5.74, 6) is -4.35. The lowest BCUT2D eigenvalue weighted by atomic mass is 9.81. The molecule has 1 N–H and O–H groups in total. The van der Waals surface area contributed by atoms with E-state index < -0.39 is 41.5 Å². The van der Waals surface area contributed by atoms with Gasteiger partial charge in [0, 0.05) is 11.8 Å². The van der Waals surface area contributed by atoms with E-state index in [-0.39, 0.29) is 29.3 Å². The Balaban J connectivity index is 1.51. The molecule has 3 rings (SSSR count). The molecule has 0 radical (unpaired) electrons. The van der Waals surface area contributed by atoms with Gasteiger partial charge in [0.15, 0.2) is 6.61 Å². The van der Waals surface area contributed by atoms with Gasteiger partial charge in [0.1, 0.15) is 6.54 Å². The number of ether oxygens (including phenoxy) is 1. The Hall–Kier alpha value is -3.37. The number of likely N-dealkylation sites (tertiary alicyclic amines) is 1. The summed E-state index contributed by atoms with van der Waals surface area (Å²) in [4.78, 5) is 59.1. The highest BCUT2D eigenvalue weighted by Crippen LogP contribution is 2.37. The lowest BCUT2D eigenvalue weighted by molar-refractivity contribution is -0.387. The predicted octanol–water partition coefficient (Wildman–Crippen LogP) is 1.39. The third-order valence-corrected chi connectivity index (χ3v) is 5.01. The number of halogens is 1. The molecule has 1 aliphatic carbocycles. The van der Waals surface area contributed by atoms with E-state index in [2.05, 4.69) is 5.32 Å². The highest BCUT2D eigenvalue weighted by molar-refractivity contribution is 6.07. The second-order valence-corrected chi connectivity index (χ2v) is 6.89. The third-order valence-electron chi connectivity index (χ3n) is 5.01. The first-order chi connectivity index (χ1) is 13.8. The van der Waals surface area contributed by atoms with Crippen molar-refractivity contribution in [3.8, 4) is 0 Å². The Morgan fingerprint density at radius 3 is 2.41 bits per heavy atom. The molecule has 0 bridgehead atoms. The zero-order valence-corrected chi connectivity index (χ0v) is 15.3. The highest BCUT2D eigenvalue weighted by Gasteiger charge is 2.48. The minimum absolute atomic E-state index is 0.0480. The molecule has 1 saturated heterocycles. The minimum atomic E-state index is -1.06. The first kappa shape index (κ1) is 20.4. The summed E-state index contributed by atoms with van der Waals surface area (Å²) >= 11 is 0. The van der Waals surface area contributed by atoms with Gasteiger partial charge in [0.2, 0.25) is 17.6 Å². The lowest BCUT2D eigenvalue weighted by Crippen LogP contribution is -2.37. The quantitative estimate of drug-likeness (QED) is 0.326. The van der Waals surface area contributed by atoms with Crippen LogP contribution in [0.5, 0.6) is 0 Å². The fourth-order valence-electron chi connectivity index (χ4n) is 3.63. The number of nitro benzene ring substituents is 1. The van der Waals surface area contributed by atoms with Gasteiger partial charge >= 0.3 is 11.7 Å². The molecular formula is C18H18FN3O7. The number of imide groups is 1. The average Bonchev–Trinajstić information content (AvgIpc) is 2.93. The summed E-state index contributed by atoms with van der Waals surface area (Å²) in [6.45, 7) is -1.30. The van der Waals surface area contributed by atoms with E-state index in [1.54, 1.807) is 0 Å². The third kappa shape index (κ3) is 4.39. The Labute approximate surface area is 164 Å². The molecule has 2 fully saturated rings. The van der Waals surface area contributed by atoms with E-state index >= 15 is 0 Å². The normalized spacial score (nSPS) is 20.9. The number of hydrogen-bond donors (Lipinski definition) is 1. The van der Waals surface area contributed by atoms with Gasteiger partial charge in [-0.05, 0) is 25.0 Å². The van der Waals surface area contributed by atoms with Gasteiger partial charge in [-0.25, -0.2) is 0 Å². The van der Waals surface area contributed by atoms with Gasteiger partial charge in [-0.15, -0.1) is 0 Å². The molecule has 0 spiro atoms. The fraction of sp³-hybridized carbons (Fsp3) is 0.444.